The average molecular weight is 291 g/mol. The molecule has 0 radical (unpaired) electrons. The number of aliphatic carboxylic acids is 1. The molecule has 6 nitrogen and oxygen atoms in total. The van der Waals surface area contributed by atoms with Gasteiger partial charge in [0.25, 0.3) is 0 Å². The second-order valence-corrected chi connectivity index (χ2v) is 6.42. The molecule has 0 saturated heterocycles. The van der Waals surface area contributed by atoms with Crippen molar-refractivity contribution in [3.63, 3.8) is 0 Å². The summed E-state index contributed by atoms with van der Waals surface area (Å²) >= 11 is 1.32. The summed E-state index contributed by atoms with van der Waals surface area (Å²) in [5.74, 6) is -0.470. The van der Waals surface area contributed by atoms with E-state index in [1.54, 1.807) is 11.6 Å². The molecule has 0 fully saturated rings. The molecule has 3 atom stereocenters. The van der Waals surface area contributed by atoms with Crippen LogP contribution in [0.5, 0.6) is 0 Å². The number of carboxylic acid groups (broad SMARTS) is 1. The summed E-state index contributed by atoms with van der Waals surface area (Å²) in [6, 6.07) is -0.954. The van der Waals surface area contributed by atoms with Gasteiger partial charge in [0.1, 0.15) is 6.04 Å². The molecular weight excluding hydrogens is 274 g/mol. The highest BCUT2D eigenvalue weighted by atomic mass is 32.2. The van der Waals surface area contributed by atoms with Crippen LogP contribution in [0, 0.1) is 0 Å². The first-order valence-electron chi connectivity index (χ1n) is 5.40. The lowest BCUT2D eigenvalue weighted by Crippen LogP contribution is -2.21. The third kappa shape index (κ3) is 4.71. The first-order chi connectivity index (χ1) is 8.40. The van der Waals surface area contributed by atoms with Crippen molar-refractivity contribution in [1.82, 2.24) is 4.98 Å². The van der Waals surface area contributed by atoms with Crippen LogP contribution in [0.3, 0.4) is 0 Å². The topological polar surface area (TPSA) is 105 Å². The summed E-state index contributed by atoms with van der Waals surface area (Å²) in [5, 5.41) is 14.2. The first-order valence-corrected chi connectivity index (χ1v) is 8.01. The molecule has 3 unspecified atom stereocenters. The Morgan fingerprint density at radius 3 is 2.94 bits per heavy atom. The van der Waals surface area contributed by atoms with Gasteiger partial charge in [-0.1, -0.05) is 0 Å². The Hall–Kier alpha value is -0.990. The Kier molecular flexibility index (Phi) is 5.70. The van der Waals surface area contributed by atoms with Gasteiger partial charge < -0.3 is 16.2 Å². The highest BCUT2D eigenvalue weighted by Gasteiger charge is 2.18. The number of carboxylic acids is 1. The zero-order valence-corrected chi connectivity index (χ0v) is 11.9. The van der Waals surface area contributed by atoms with E-state index in [4.69, 9.17) is 10.8 Å². The molecule has 0 amide bonds. The predicted molar refractivity (Wildman–Crippen MR) is 73.3 cm³/mol. The monoisotopic (exact) mass is 291 g/mol. The third-order valence-electron chi connectivity index (χ3n) is 2.31. The number of aromatic nitrogens is 1. The van der Waals surface area contributed by atoms with Gasteiger partial charge in [0, 0.05) is 34.2 Å². The zero-order valence-electron chi connectivity index (χ0n) is 10.3. The molecule has 18 heavy (non-hydrogen) atoms. The van der Waals surface area contributed by atoms with E-state index in [1.807, 2.05) is 6.92 Å². The second-order valence-electron chi connectivity index (χ2n) is 4.00. The van der Waals surface area contributed by atoms with Gasteiger partial charge in [-0.2, -0.15) is 0 Å². The SMILES string of the molecule is CC(CCS(C)=O)Nc1nc(C(N)C(=O)O)cs1. The second kappa shape index (κ2) is 6.81. The predicted octanol–water partition coefficient (Wildman–Crippen LogP) is 0.796. The van der Waals surface area contributed by atoms with Gasteiger partial charge in [-0.3, -0.25) is 9.00 Å². The van der Waals surface area contributed by atoms with Crippen LogP contribution >= 0.6 is 11.3 Å². The molecule has 1 rings (SSSR count). The Bertz CT molecular complexity index is 436. The van der Waals surface area contributed by atoms with Gasteiger partial charge in [-0.05, 0) is 13.3 Å². The minimum atomic E-state index is -1.10. The Morgan fingerprint density at radius 1 is 1.72 bits per heavy atom. The third-order valence-corrected chi connectivity index (χ3v) is 3.92. The Morgan fingerprint density at radius 2 is 2.39 bits per heavy atom. The zero-order chi connectivity index (χ0) is 13.7. The van der Waals surface area contributed by atoms with Crippen molar-refractivity contribution < 1.29 is 14.1 Å². The van der Waals surface area contributed by atoms with Crippen molar-refractivity contribution in [2.45, 2.75) is 25.4 Å². The van der Waals surface area contributed by atoms with Crippen LogP contribution in [0.2, 0.25) is 0 Å². The van der Waals surface area contributed by atoms with Crippen LogP contribution in [0.15, 0.2) is 5.38 Å². The van der Waals surface area contributed by atoms with Gasteiger partial charge in [0.15, 0.2) is 5.13 Å². The van der Waals surface area contributed by atoms with Crippen LogP contribution in [0.1, 0.15) is 25.1 Å². The van der Waals surface area contributed by atoms with Crippen molar-refractivity contribution in [2.75, 3.05) is 17.3 Å². The number of rotatable bonds is 7. The fourth-order valence-electron chi connectivity index (χ4n) is 1.25. The summed E-state index contributed by atoms with van der Waals surface area (Å²) in [7, 11) is -0.807. The summed E-state index contributed by atoms with van der Waals surface area (Å²) in [6.45, 7) is 1.96. The lowest BCUT2D eigenvalue weighted by atomic mass is 10.2. The molecule has 4 N–H and O–H groups in total. The highest BCUT2D eigenvalue weighted by Crippen LogP contribution is 2.20. The molecule has 1 aromatic rings. The normalized spacial score (nSPS) is 15.9. The molecular formula is C10H17N3O3S2. The van der Waals surface area contributed by atoms with Crippen molar-refractivity contribution in [1.29, 1.82) is 0 Å². The molecule has 0 aromatic carbocycles. The highest BCUT2D eigenvalue weighted by molar-refractivity contribution is 7.84. The molecule has 0 spiro atoms. The van der Waals surface area contributed by atoms with Crippen molar-refractivity contribution in [3.8, 4) is 0 Å². The maximum atomic E-state index is 11.0. The molecule has 102 valence electrons. The summed E-state index contributed by atoms with van der Waals surface area (Å²) < 4.78 is 11.0. The van der Waals surface area contributed by atoms with Crippen molar-refractivity contribution in [2.24, 2.45) is 5.73 Å². The number of nitrogens with one attached hydrogen (secondary N) is 1. The summed E-state index contributed by atoms with van der Waals surface area (Å²) in [4.78, 5) is 14.8. The maximum absolute atomic E-state index is 11.0. The fraction of sp³-hybridized carbons (Fsp3) is 0.600. The average Bonchev–Trinajstić information content (AvgIpc) is 2.73. The molecule has 0 aliphatic rings. The van der Waals surface area contributed by atoms with E-state index in [-0.39, 0.29) is 6.04 Å². The van der Waals surface area contributed by atoms with E-state index in [9.17, 15) is 9.00 Å². The van der Waals surface area contributed by atoms with E-state index < -0.39 is 22.8 Å². The minimum Gasteiger partial charge on any atom is -0.480 e. The Balaban J connectivity index is 2.53. The van der Waals surface area contributed by atoms with Crippen LogP contribution in [-0.2, 0) is 15.6 Å². The van der Waals surface area contributed by atoms with Crippen LogP contribution < -0.4 is 11.1 Å². The van der Waals surface area contributed by atoms with Gasteiger partial charge in [0.05, 0.1) is 5.69 Å². The maximum Gasteiger partial charge on any atom is 0.326 e. The van der Waals surface area contributed by atoms with Crippen LogP contribution in [-0.4, -0.2) is 38.3 Å². The quantitative estimate of drug-likeness (QED) is 0.686. The van der Waals surface area contributed by atoms with E-state index in [2.05, 4.69) is 10.3 Å². The van der Waals surface area contributed by atoms with Crippen molar-refractivity contribution in [3.05, 3.63) is 11.1 Å². The standard InChI is InChI=1S/C10H17N3O3S2/c1-6(3-4-18(2)16)12-10-13-7(5-17-10)8(11)9(14)15/h5-6,8H,3-4,11H2,1-2H3,(H,12,13)(H,14,15). The molecule has 1 aromatic heterocycles. The number of hydrogen-bond donors (Lipinski definition) is 3. The minimum absolute atomic E-state index is 0.133. The molecule has 0 aliphatic carbocycles. The molecule has 1 heterocycles. The van der Waals surface area contributed by atoms with Gasteiger partial charge in [0.2, 0.25) is 0 Å². The Labute approximate surface area is 112 Å². The number of hydrogen-bond acceptors (Lipinski definition) is 6. The largest absolute Gasteiger partial charge is 0.480 e. The lowest BCUT2D eigenvalue weighted by Gasteiger charge is -2.11. The number of anilines is 1. The summed E-state index contributed by atoms with van der Waals surface area (Å²) in [5.41, 5.74) is 5.81. The van der Waals surface area contributed by atoms with Crippen LogP contribution in [0.25, 0.3) is 0 Å². The van der Waals surface area contributed by atoms with Gasteiger partial charge >= 0.3 is 5.97 Å². The fourth-order valence-corrected chi connectivity index (χ4v) is 2.79. The first kappa shape index (κ1) is 15.1. The van der Waals surface area contributed by atoms with Gasteiger partial charge in [-0.25, -0.2) is 4.98 Å². The number of nitrogens with zero attached hydrogens (tertiary/aromatic N) is 1. The molecule has 0 aliphatic heterocycles. The molecule has 8 heteroatoms. The van der Waals surface area contributed by atoms with Crippen molar-refractivity contribution >= 4 is 33.2 Å². The van der Waals surface area contributed by atoms with E-state index in [0.717, 1.165) is 6.42 Å². The van der Waals surface area contributed by atoms with E-state index >= 15 is 0 Å². The number of thiazole rings is 1. The molecule has 0 bridgehead atoms. The summed E-state index contributed by atoms with van der Waals surface area (Å²) in [6.07, 6.45) is 2.43. The van der Waals surface area contributed by atoms with Crippen LogP contribution in [0.4, 0.5) is 5.13 Å². The number of carbonyl (C=O) groups is 1. The van der Waals surface area contributed by atoms with Gasteiger partial charge in [-0.15, -0.1) is 11.3 Å². The number of nitrogens with two attached hydrogens (primary N) is 1. The molecule has 0 saturated carbocycles. The van der Waals surface area contributed by atoms with E-state index in [0.29, 0.717) is 16.6 Å². The lowest BCUT2D eigenvalue weighted by molar-refractivity contribution is -0.138. The smallest absolute Gasteiger partial charge is 0.326 e. The van der Waals surface area contributed by atoms with E-state index in [1.165, 1.54) is 11.3 Å².